The van der Waals surface area contributed by atoms with Crippen LogP contribution in [0.5, 0.6) is 0 Å². The summed E-state index contributed by atoms with van der Waals surface area (Å²) in [5.41, 5.74) is 1.16. The molecule has 1 heterocycles. The van der Waals surface area contributed by atoms with Gasteiger partial charge in [-0.05, 0) is 33.6 Å². The zero-order chi connectivity index (χ0) is 14.9. The molecule has 3 amide bonds. The molecule has 0 aromatic rings. The highest BCUT2D eigenvalue weighted by Crippen LogP contribution is 2.37. The smallest absolute Gasteiger partial charge is 0.242 e. The number of amides is 3. The molecule has 0 radical (unpaired) electrons. The van der Waals surface area contributed by atoms with Gasteiger partial charge < -0.3 is 4.90 Å². The third-order valence-electron chi connectivity index (χ3n) is 4.32. The topological polar surface area (TPSA) is 57.7 Å². The first-order valence-electron chi connectivity index (χ1n) is 7.28. The minimum Gasteiger partial charge on any atom is -0.342 e. The van der Waals surface area contributed by atoms with Crippen LogP contribution in [0.2, 0.25) is 0 Å². The molecule has 0 saturated carbocycles. The van der Waals surface area contributed by atoms with Gasteiger partial charge in [0.05, 0.1) is 11.8 Å². The van der Waals surface area contributed by atoms with Gasteiger partial charge in [0.25, 0.3) is 0 Å². The Kier molecular flexibility index (Phi) is 4.26. The predicted molar refractivity (Wildman–Crippen MR) is 74.6 cm³/mol. The van der Waals surface area contributed by atoms with E-state index in [1.165, 1.54) is 4.90 Å². The minimum atomic E-state index is -0.254. The van der Waals surface area contributed by atoms with Crippen LogP contribution in [0.25, 0.3) is 0 Å². The highest BCUT2D eigenvalue weighted by atomic mass is 16.2. The van der Waals surface area contributed by atoms with E-state index in [-0.39, 0.29) is 36.1 Å². The molecule has 2 rings (SSSR count). The van der Waals surface area contributed by atoms with Crippen LogP contribution >= 0.6 is 0 Å². The number of rotatable bonds is 4. The van der Waals surface area contributed by atoms with Crippen LogP contribution in [0.1, 0.15) is 33.6 Å². The number of allylic oxidation sites excluding steroid dienone is 2. The standard InChI is InChI=1S/C15H22N2O3/c1-4-16(5-2)13(18)9-17-14(19)11-7-6-10(3)8-12(11)15(17)20/h6,11-12H,4-5,7-9H2,1-3H3. The summed E-state index contributed by atoms with van der Waals surface area (Å²) in [5, 5.41) is 0. The molecule has 1 fully saturated rings. The summed E-state index contributed by atoms with van der Waals surface area (Å²) in [6.07, 6.45) is 3.30. The highest BCUT2D eigenvalue weighted by molar-refractivity contribution is 6.07. The van der Waals surface area contributed by atoms with E-state index in [2.05, 4.69) is 0 Å². The van der Waals surface area contributed by atoms with Crippen molar-refractivity contribution < 1.29 is 14.4 Å². The number of fused-ring (bicyclic) bond motifs is 1. The Bertz CT molecular complexity index is 466. The van der Waals surface area contributed by atoms with Gasteiger partial charge in [-0.3, -0.25) is 19.3 Å². The maximum absolute atomic E-state index is 12.3. The van der Waals surface area contributed by atoms with Crippen molar-refractivity contribution in [3.63, 3.8) is 0 Å². The monoisotopic (exact) mass is 278 g/mol. The third-order valence-corrected chi connectivity index (χ3v) is 4.32. The summed E-state index contributed by atoms with van der Waals surface area (Å²) in [6.45, 7) is 6.85. The second-order valence-electron chi connectivity index (χ2n) is 5.53. The van der Waals surface area contributed by atoms with Gasteiger partial charge in [-0.15, -0.1) is 0 Å². The maximum Gasteiger partial charge on any atom is 0.242 e. The fourth-order valence-corrected chi connectivity index (χ4v) is 3.07. The van der Waals surface area contributed by atoms with E-state index >= 15 is 0 Å². The SMILES string of the molecule is CCN(CC)C(=O)CN1C(=O)C2CC=C(C)CC2C1=O. The van der Waals surface area contributed by atoms with Crippen LogP contribution < -0.4 is 0 Å². The average Bonchev–Trinajstić information content (AvgIpc) is 2.65. The second kappa shape index (κ2) is 5.77. The van der Waals surface area contributed by atoms with Gasteiger partial charge in [0, 0.05) is 13.1 Å². The average molecular weight is 278 g/mol. The molecule has 110 valence electrons. The summed E-state index contributed by atoms with van der Waals surface area (Å²) < 4.78 is 0. The van der Waals surface area contributed by atoms with Crippen LogP contribution in [0.15, 0.2) is 11.6 Å². The maximum atomic E-state index is 12.3. The molecule has 5 heteroatoms. The van der Waals surface area contributed by atoms with Gasteiger partial charge in [-0.2, -0.15) is 0 Å². The lowest BCUT2D eigenvalue weighted by molar-refractivity contribution is -0.146. The summed E-state index contributed by atoms with van der Waals surface area (Å²) in [7, 11) is 0. The molecule has 0 N–H and O–H groups in total. The molecule has 2 atom stereocenters. The van der Waals surface area contributed by atoms with E-state index < -0.39 is 0 Å². The van der Waals surface area contributed by atoms with Crippen molar-refractivity contribution in [3.05, 3.63) is 11.6 Å². The van der Waals surface area contributed by atoms with E-state index in [9.17, 15) is 14.4 Å². The Morgan fingerprint density at radius 2 is 1.85 bits per heavy atom. The van der Waals surface area contributed by atoms with Crippen LogP contribution in [-0.4, -0.2) is 47.2 Å². The molecule has 5 nitrogen and oxygen atoms in total. The molecule has 20 heavy (non-hydrogen) atoms. The Labute approximate surface area is 119 Å². The third kappa shape index (κ3) is 2.49. The largest absolute Gasteiger partial charge is 0.342 e. The second-order valence-corrected chi connectivity index (χ2v) is 5.53. The molecule has 0 aromatic heterocycles. The Morgan fingerprint density at radius 3 is 2.45 bits per heavy atom. The van der Waals surface area contributed by atoms with Crippen molar-refractivity contribution in [2.45, 2.75) is 33.6 Å². The summed E-state index contributed by atoms with van der Waals surface area (Å²) >= 11 is 0. The number of hydrogen-bond acceptors (Lipinski definition) is 3. The zero-order valence-corrected chi connectivity index (χ0v) is 12.4. The Hall–Kier alpha value is -1.65. The first kappa shape index (κ1) is 14.8. The van der Waals surface area contributed by atoms with Crippen molar-refractivity contribution in [2.75, 3.05) is 19.6 Å². The fraction of sp³-hybridized carbons (Fsp3) is 0.667. The van der Waals surface area contributed by atoms with Crippen molar-refractivity contribution in [1.82, 2.24) is 9.80 Å². The van der Waals surface area contributed by atoms with Crippen molar-refractivity contribution in [2.24, 2.45) is 11.8 Å². The van der Waals surface area contributed by atoms with Gasteiger partial charge in [0.1, 0.15) is 6.54 Å². The number of hydrogen-bond donors (Lipinski definition) is 0. The fourth-order valence-electron chi connectivity index (χ4n) is 3.07. The number of carbonyl (C=O) groups excluding carboxylic acids is 3. The van der Waals surface area contributed by atoms with Gasteiger partial charge in [0.15, 0.2) is 0 Å². The van der Waals surface area contributed by atoms with Crippen LogP contribution in [0.4, 0.5) is 0 Å². The van der Waals surface area contributed by atoms with Crippen molar-refractivity contribution in [1.29, 1.82) is 0 Å². The molecule has 1 aliphatic heterocycles. The number of likely N-dealkylation sites (tertiary alicyclic amines) is 1. The number of likely N-dealkylation sites (N-methyl/N-ethyl adjacent to an activating group) is 1. The van der Waals surface area contributed by atoms with Crippen LogP contribution in [0, 0.1) is 11.8 Å². The molecule has 0 spiro atoms. The molecule has 1 aliphatic carbocycles. The van der Waals surface area contributed by atoms with Gasteiger partial charge in [0.2, 0.25) is 17.7 Å². The van der Waals surface area contributed by atoms with Crippen LogP contribution in [-0.2, 0) is 14.4 Å². The lowest BCUT2D eigenvalue weighted by atomic mass is 9.82. The van der Waals surface area contributed by atoms with Gasteiger partial charge in [-0.25, -0.2) is 0 Å². The summed E-state index contributed by atoms with van der Waals surface area (Å²) in [6, 6.07) is 0. The zero-order valence-electron chi connectivity index (χ0n) is 12.4. The number of imide groups is 1. The molecular formula is C15H22N2O3. The lowest BCUT2D eigenvalue weighted by Crippen LogP contribution is -2.43. The van der Waals surface area contributed by atoms with Crippen molar-refractivity contribution >= 4 is 17.7 Å². The first-order chi connectivity index (χ1) is 9.49. The molecule has 0 aromatic carbocycles. The summed E-state index contributed by atoms with van der Waals surface area (Å²) in [4.78, 5) is 39.5. The lowest BCUT2D eigenvalue weighted by Gasteiger charge is -2.22. The summed E-state index contributed by atoms with van der Waals surface area (Å²) in [5.74, 6) is -1.01. The highest BCUT2D eigenvalue weighted by Gasteiger charge is 2.48. The Morgan fingerprint density at radius 1 is 1.25 bits per heavy atom. The van der Waals surface area contributed by atoms with Crippen molar-refractivity contribution in [3.8, 4) is 0 Å². The van der Waals surface area contributed by atoms with E-state index in [4.69, 9.17) is 0 Å². The van der Waals surface area contributed by atoms with E-state index in [1.807, 2.05) is 26.8 Å². The predicted octanol–water partition coefficient (Wildman–Crippen LogP) is 1.20. The van der Waals surface area contributed by atoms with Gasteiger partial charge >= 0.3 is 0 Å². The van der Waals surface area contributed by atoms with Gasteiger partial charge in [-0.1, -0.05) is 11.6 Å². The quantitative estimate of drug-likeness (QED) is 0.573. The Balaban J connectivity index is 2.09. The number of carbonyl (C=O) groups is 3. The first-order valence-corrected chi connectivity index (χ1v) is 7.28. The molecule has 1 saturated heterocycles. The number of nitrogens with zero attached hydrogens (tertiary/aromatic N) is 2. The molecule has 2 unspecified atom stereocenters. The normalized spacial score (nSPS) is 25.6. The molecular weight excluding hydrogens is 256 g/mol. The molecule has 2 aliphatic rings. The van der Waals surface area contributed by atoms with E-state index in [1.54, 1.807) is 4.90 Å². The molecule has 0 bridgehead atoms. The minimum absolute atomic E-state index is 0.106. The van der Waals surface area contributed by atoms with Crippen LogP contribution in [0.3, 0.4) is 0 Å². The van der Waals surface area contributed by atoms with E-state index in [0.29, 0.717) is 25.9 Å². The van der Waals surface area contributed by atoms with E-state index in [0.717, 1.165) is 5.57 Å².